The van der Waals surface area contributed by atoms with Gasteiger partial charge in [0.25, 0.3) is 21.8 Å². The third-order valence-electron chi connectivity index (χ3n) is 3.40. The highest BCUT2D eigenvalue weighted by molar-refractivity contribution is 7.92. The molecule has 22 heavy (non-hydrogen) atoms. The van der Waals surface area contributed by atoms with Crippen molar-refractivity contribution in [2.75, 3.05) is 11.8 Å². The molecular weight excluding hydrogens is 304 g/mol. The van der Waals surface area contributed by atoms with E-state index in [-0.39, 0.29) is 21.7 Å². The Morgan fingerprint density at radius 2 is 1.55 bits per heavy atom. The lowest BCUT2D eigenvalue weighted by atomic mass is 10.1. The van der Waals surface area contributed by atoms with Crippen LogP contribution in [0.1, 0.15) is 20.7 Å². The standard InChI is InChI=1S/C15H12N2O4S/c1-17-14(18)12-8-7-10(9-13(12)15(17)19)16-22(20,21)11-5-3-2-4-6-11/h2-9,16H,1H3. The van der Waals surface area contributed by atoms with Gasteiger partial charge < -0.3 is 0 Å². The zero-order valence-electron chi connectivity index (χ0n) is 11.6. The van der Waals surface area contributed by atoms with Crippen LogP contribution in [0.15, 0.2) is 53.4 Å². The third-order valence-corrected chi connectivity index (χ3v) is 4.79. The summed E-state index contributed by atoms with van der Waals surface area (Å²) in [7, 11) is -2.35. The maximum atomic E-state index is 12.2. The second-order valence-corrected chi connectivity index (χ2v) is 6.53. The quantitative estimate of drug-likeness (QED) is 0.874. The van der Waals surface area contributed by atoms with Crippen molar-refractivity contribution >= 4 is 27.5 Å². The van der Waals surface area contributed by atoms with E-state index in [0.29, 0.717) is 0 Å². The number of fused-ring (bicyclic) bond motifs is 1. The fourth-order valence-corrected chi connectivity index (χ4v) is 3.31. The lowest BCUT2D eigenvalue weighted by Crippen LogP contribution is -2.24. The van der Waals surface area contributed by atoms with Gasteiger partial charge in [-0.2, -0.15) is 0 Å². The van der Waals surface area contributed by atoms with Gasteiger partial charge in [-0.15, -0.1) is 0 Å². The number of hydrogen-bond acceptors (Lipinski definition) is 4. The Morgan fingerprint density at radius 1 is 0.909 bits per heavy atom. The van der Waals surface area contributed by atoms with Gasteiger partial charge in [-0.25, -0.2) is 8.42 Å². The van der Waals surface area contributed by atoms with E-state index >= 15 is 0 Å². The minimum atomic E-state index is -3.74. The van der Waals surface area contributed by atoms with Crippen LogP contribution in [0.5, 0.6) is 0 Å². The number of hydrogen-bond donors (Lipinski definition) is 1. The predicted octanol–water partition coefficient (Wildman–Crippen LogP) is 1.71. The van der Waals surface area contributed by atoms with Crippen LogP contribution >= 0.6 is 0 Å². The average Bonchev–Trinajstić information content (AvgIpc) is 2.72. The Morgan fingerprint density at radius 3 is 2.23 bits per heavy atom. The molecule has 1 N–H and O–H groups in total. The molecule has 0 fully saturated rings. The summed E-state index contributed by atoms with van der Waals surface area (Å²) in [5.41, 5.74) is 0.704. The van der Waals surface area contributed by atoms with Gasteiger partial charge in [0.1, 0.15) is 0 Å². The molecule has 0 spiro atoms. The van der Waals surface area contributed by atoms with Crippen molar-refractivity contribution in [3.63, 3.8) is 0 Å². The molecule has 0 saturated carbocycles. The number of nitrogens with zero attached hydrogens (tertiary/aromatic N) is 1. The first-order chi connectivity index (χ1) is 10.4. The van der Waals surface area contributed by atoms with Gasteiger partial charge in [0.15, 0.2) is 0 Å². The first-order valence-corrected chi connectivity index (χ1v) is 7.93. The normalized spacial score (nSPS) is 14.1. The number of anilines is 1. The van der Waals surface area contributed by atoms with Crippen molar-refractivity contribution in [2.24, 2.45) is 0 Å². The minimum Gasteiger partial charge on any atom is -0.280 e. The van der Waals surface area contributed by atoms with Crippen LogP contribution in [0.25, 0.3) is 0 Å². The second-order valence-electron chi connectivity index (χ2n) is 4.85. The summed E-state index contributed by atoms with van der Waals surface area (Å²) in [5, 5.41) is 0. The predicted molar refractivity (Wildman–Crippen MR) is 80.1 cm³/mol. The molecule has 2 aromatic carbocycles. The average molecular weight is 316 g/mol. The number of nitrogens with one attached hydrogen (secondary N) is 1. The second kappa shape index (κ2) is 4.96. The fourth-order valence-electron chi connectivity index (χ4n) is 2.24. The van der Waals surface area contributed by atoms with E-state index in [1.165, 1.54) is 37.4 Å². The maximum Gasteiger partial charge on any atom is 0.261 e. The first-order valence-electron chi connectivity index (χ1n) is 6.44. The van der Waals surface area contributed by atoms with E-state index in [1.54, 1.807) is 18.2 Å². The molecule has 0 unspecified atom stereocenters. The van der Waals surface area contributed by atoms with Gasteiger partial charge in [-0.3, -0.25) is 19.2 Å². The van der Waals surface area contributed by atoms with E-state index in [4.69, 9.17) is 0 Å². The number of carbonyl (C=O) groups is 2. The Kier molecular flexibility index (Phi) is 3.22. The van der Waals surface area contributed by atoms with Crippen molar-refractivity contribution in [3.8, 4) is 0 Å². The Bertz CT molecular complexity index is 876. The Balaban J connectivity index is 1.96. The van der Waals surface area contributed by atoms with Crippen LogP contribution in [0.2, 0.25) is 0 Å². The molecule has 6 nitrogen and oxygen atoms in total. The molecule has 0 saturated heterocycles. The van der Waals surface area contributed by atoms with E-state index in [2.05, 4.69) is 4.72 Å². The highest BCUT2D eigenvalue weighted by Gasteiger charge is 2.33. The summed E-state index contributed by atoms with van der Waals surface area (Å²) in [5.74, 6) is -0.835. The monoisotopic (exact) mass is 316 g/mol. The summed E-state index contributed by atoms with van der Waals surface area (Å²) in [6, 6.07) is 12.2. The van der Waals surface area contributed by atoms with E-state index in [1.807, 2.05) is 0 Å². The number of amides is 2. The number of sulfonamides is 1. The molecule has 112 valence electrons. The molecule has 0 aromatic heterocycles. The van der Waals surface area contributed by atoms with Gasteiger partial charge in [-0.1, -0.05) is 18.2 Å². The van der Waals surface area contributed by atoms with Gasteiger partial charge in [-0.05, 0) is 30.3 Å². The maximum absolute atomic E-state index is 12.2. The highest BCUT2D eigenvalue weighted by atomic mass is 32.2. The lowest BCUT2D eigenvalue weighted by molar-refractivity contribution is 0.0693. The SMILES string of the molecule is CN1C(=O)c2ccc(NS(=O)(=O)c3ccccc3)cc2C1=O. The zero-order chi connectivity index (χ0) is 15.9. The van der Waals surface area contributed by atoms with Crippen molar-refractivity contribution < 1.29 is 18.0 Å². The smallest absolute Gasteiger partial charge is 0.261 e. The first kappa shape index (κ1) is 14.3. The molecule has 2 aromatic rings. The van der Waals surface area contributed by atoms with E-state index in [9.17, 15) is 18.0 Å². The number of benzene rings is 2. The van der Waals surface area contributed by atoms with Crippen LogP contribution in [0.3, 0.4) is 0 Å². The molecule has 0 bridgehead atoms. The molecular formula is C15H12N2O4S. The molecule has 1 aliphatic heterocycles. The van der Waals surface area contributed by atoms with E-state index < -0.39 is 21.8 Å². The molecule has 7 heteroatoms. The summed E-state index contributed by atoms with van der Waals surface area (Å²) in [6.07, 6.45) is 0. The van der Waals surface area contributed by atoms with E-state index in [0.717, 1.165) is 4.90 Å². The van der Waals surface area contributed by atoms with Gasteiger partial charge in [0, 0.05) is 12.7 Å². The van der Waals surface area contributed by atoms with Gasteiger partial charge in [0.05, 0.1) is 16.0 Å². The molecule has 0 radical (unpaired) electrons. The van der Waals surface area contributed by atoms with Crippen molar-refractivity contribution in [1.82, 2.24) is 4.90 Å². The molecule has 1 heterocycles. The summed E-state index contributed by atoms with van der Waals surface area (Å²) in [6.45, 7) is 0. The molecule has 2 amide bonds. The fraction of sp³-hybridized carbons (Fsp3) is 0.0667. The lowest BCUT2D eigenvalue weighted by Gasteiger charge is -2.08. The highest BCUT2D eigenvalue weighted by Crippen LogP contribution is 2.26. The molecule has 0 aliphatic carbocycles. The largest absolute Gasteiger partial charge is 0.280 e. The number of rotatable bonds is 3. The molecule has 3 rings (SSSR count). The summed E-state index contributed by atoms with van der Waals surface area (Å²) in [4.78, 5) is 24.8. The Hall–Kier alpha value is -2.67. The summed E-state index contributed by atoms with van der Waals surface area (Å²) >= 11 is 0. The van der Waals surface area contributed by atoms with Crippen molar-refractivity contribution in [1.29, 1.82) is 0 Å². The van der Waals surface area contributed by atoms with Crippen LogP contribution in [0.4, 0.5) is 5.69 Å². The zero-order valence-corrected chi connectivity index (χ0v) is 12.4. The molecule has 1 aliphatic rings. The van der Waals surface area contributed by atoms with Gasteiger partial charge >= 0.3 is 0 Å². The van der Waals surface area contributed by atoms with Gasteiger partial charge in [0.2, 0.25) is 0 Å². The topological polar surface area (TPSA) is 83.6 Å². The number of carbonyl (C=O) groups excluding carboxylic acids is 2. The van der Waals surface area contributed by atoms with Crippen LogP contribution < -0.4 is 4.72 Å². The molecule has 0 atom stereocenters. The third kappa shape index (κ3) is 2.25. The van der Waals surface area contributed by atoms with Crippen molar-refractivity contribution in [2.45, 2.75) is 4.90 Å². The van der Waals surface area contributed by atoms with Crippen LogP contribution in [-0.4, -0.2) is 32.2 Å². The minimum absolute atomic E-state index is 0.120. The summed E-state index contributed by atoms with van der Waals surface area (Å²) < 4.78 is 26.9. The van der Waals surface area contributed by atoms with Crippen molar-refractivity contribution in [3.05, 3.63) is 59.7 Å². The number of imide groups is 1. The Labute approximate surface area is 127 Å². The van der Waals surface area contributed by atoms with Crippen LogP contribution in [0, 0.1) is 0 Å². The van der Waals surface area contributed by atoms with Crippen LogP contribution in [-0.2, 0) is 10.0 Å².